The van der Waals surface area contributed by atoms with Crippen molar-refractivity contribution >= 4 is 10.4 Å². The van der Waals surface area contributed by atoms with Crippen LogP contribution in [0.2, 0.25) is 0 Å². The molecule has 0 unspecified atom stereocenters. The van der Waals surface area contributed by atoms with E-state index in [9.17, 15) is 0 Å². The third-order valence-electron chi connectivity index (χ3n) is 0. The van der Waals surface area contributed by atoms with E-state index in [1.165, 1.54) is 0 Å². The SMILES string of the molecule is O.O.O.O=S(=O)([O-])[O-].[O]=[Zr+2]. The molecule has 0 spiro atoms. The second-order valence-corrected chi connectivity index (χ2v) is 1.22. The molecule has 0 aliphatic rings. The Labute approximate surface area is 72.0 Å². The van der Waals surface area contributed by atoms with Crippen molar-refractivity contribution in [3.05, 3.63) is 0 Å². The molecule has 0 heterocycles. The molecule has 10 heavy (non-hydrogen) atoms. The van der Waals surface area contributed by atoms with Crippen LogP contribution in [0, 0.1) is 0 Å². The van der Waals surface area contributed by atoms with Crippen molar-refractivity contribution in [2.75, 3.05) is 0 Å². The van der Waals surface area contributed by atoms with E-state index in [0.717, 1.165) is 0 Å². The van der Waals surface area contributed by atoms with Gasteiger partial charge >= 0.3 is 27.5 Å². The van der Waals surface area contributed by atoms with Crippen molar-refractivity contribution in [1.29, 1.82) is 0 Å². The summed E-state index contributed by atoms with van der Waals surface area (Å²) in [6.45, 7) is 0. The maximum atomic E-state index is 8.52. The topological polar surface area (TPSA) is 192 Å². The summed E-state index contributed by atoms with van der Waals surface area (Å²) in [5.41, 5.74) is 0. The second-order valence-electron chi connectivity index (χ2n) is 0.408. The average molecular weight is 257 g/mol. The number of hydrogen-bond donors (Lipinski definition) is 0. The van der Waals surface area contributed by atoms with Crippen LogP contribution in [0.5, 0.6) is 0 Å². The van der Waals surface area contributed by atoms with Crippen LogP contribution in [-0.2, 0) is 37.9 Å². The minimum atomic E-state index is -5.17. The fourth-order valence-corrected chi connectivity index (χ4v) is 0. The first-order chi connectivity index (χ1) is 3.00. The quantitative estimate of drug-likeness (QED) is 0.315. The molecule has 10 heteroatoms. The molecule has 0 saturated carbocycles. The summed E-state index contributed by atoms with van der Waals surface area (Å²) in [6, 6.07) is 0. The molecule has 0 saturated heterocycles. The van der Waals surface area contributed by atoms with Gasteiger partial charge in [-0.15, -0.1) is 0 Å². The molecular weight excluding hydrogens is 251 g/mol. The van der Waals surface area contributed by atoms with E-state index in [-0.39, 0.29) is 16.4 Å². The molecule has 0 aromatic heterocycles. The van der Waals surface area contributed by atoms with Gasteiger partial charge in [0.05, 0.1) is 0 Å². The van der Waals surface area contributed by atoms with Crippen LogP contribution in [-0.4, -0.2) is 34.0 Å². The second kappa shape index (κ2) is 16.2. The molecule has 0 bridgehead atoms. The molecule has 0 rings (SSSR count). The Hall–Kier alpha value is 0.433. The summed E-state index contributed by atoms with van der Waals surface area (Å²) >= 11 is 0.300. The third kappa shape index (κ3) is 2480. The van der Waals surface area contributed by atoms with Crippen molar-refractivity contribution in [1.82, 2.24) is 0 Å². The Morgan fingerprint density at radius 3 is 0.900 bits per heavy atom. The Kier molecular flexibility index (Phi) is 51.0. The first-order valence-electron chi connectivity index (χ1n) is 0.871. The van der Waals surface area contributed by atoms with Gasteiger partial charge in [-0.25, -0.2) is 0 Å². The zero-order valence-corrected chi connectivity index (χ0v) is 7.72. The standard InChI is InChI=1S/H2O4S.3H2O.O.Zr/c1-5(2,3)4;;;;;/h(H2,1,2,3,4);3*1H2;;/q;;;;;+2/p-2. The van der Waals surface area contributed by atoms with E-state index in [4.69, 9.17) is 20.3 Å². The fourth-order valence-electron chi connectivity index (χ4n) is 0. The maximum absolute atomic E-state index is 8.52. The van der Waals surface area contributed by atoms with E-state index >= 15 is 0 Å². The first kappa shape index (κ1) is 31.5. The van der Waals surface area contributed by atoms with Gasteiger partial charge in [-0.2, -0.15) is 0 Å². The van der Waals surface area contributed by atoms with E-state index in [1.54, 1.807) is 0 Å². The van der Waals surface area contributed by atoms with E-state index < -0.39 is 10.4 Å². The minimum absolute atomic E-state index is 0. The summed E-state index contributed by atoms with van der Waals surface area (Å²) in [5.74, 6) is 0. The summed E-state index contributed by atoms with van der Waals surface area (Å²) in [6.07, 6.45) is 0. The predicted molar refractivity (Wildman–Crippen MR) is 22.0 cm³/mol. The molecule has 0 fully saturated rings. The Morgan fingerprint density at radius 1 is 0.900 bits per heavy atom. The summed E-state index contributed by atoms with van der Waals surface area (Å²) in [4.78, 5) is 0. The Morgan fingerprint density at radius 2 is 0.900 bits per heavy atom. The van der Waals surface area contributed by atoms with Crippen LogP contribution in [0.15, 0.2) is 0 Å². The summed E-state index contributed by atoms with van der Waals surface area (Å²) in [5, 5.41) is 0. The van der Waals surface area contributed by atoms with Crippen molar-refractivity contribution < 1.29 is 61.5 Å². The normalized spacial score (nSPS) is 6.40. The summed E-state index contributed by atoms with van der Waals surface area (Å²) in [7, 11) is -5.17. The zero-order valence-electron chi connectivity index (χ0n) is 4.45. The predicted octanol–water partition coefficient (Wildman–Crippen LogP) is -3.93. The van der Waals surface area contributed by atoms with Crippen LogP contribution in [0.3, 0.4) is 0 Å². The zero-order chi connectivity index (χ0) is 6.50. The molecule has 0 aromatic carbocycles. The van der Waals surface area contributed by atoms with Crippen LogP contribution in [0.4, 0.5) is 0 Å². The monoisotopic (exact) mass is 256 g/mol. The average Bonchev–Trinajstić information content (AvgIpc) is 1.36. The van der Waals surface area contributed by atoms with Gasteiger partial charge in [0.15, 0.2) is 0 Å². The van der Waals surface area contributed by atoms with E-state index in [0.29, 0.717) is 24.7 Å². The number of rotatable bonds is 0. The molecule has 64 valence electrons. The van der Waals surface area contributed by atoms with Gasteiger partial charge in [-0.3, -0.25) is 8.42 Å². The molecule has 0 aliphatic carbocycles. The van der Waals surface area contributed by atoms with Gasteiger partial charge in [0.25, 0.3) is 0 Å². The van der Waals surface area contributed by atoms with Gasteiger partial charge < -0.3 is 25.5 Å². The van der Waals surface area contributed by atoms with Gasteiger partial charge in [-0.05, 0) is 0 Å². The van der Waals surface area contributed by atoms with Crippen LogP contribution in [0.1, 0.15) is 0 Å². The molecule has 0 aliphatic heterocycles. The van der Waals surface area contributed by atoms with Crippen molar-refractivity contribution in [2.45, 2.75) is 0 Å². The van der Waals surface area contributed by atoms with Gasteiger partial charge in [0.1, 0.15) is 0 Å². The molecule has 0 amide bonds. The molecule has 0 atom stereocenters. The van der Waals surface area contributed by atoms with Crippen molar-refractivity contribution in [3.8, 4) is 0 Å². The first-order valence-corrected chi connectivity index (χ1v) is 3.21. The van der Waals surface area contributed by atoms with Gasteiger partial charge in [0, 0.05) is 10.4 Å². The third-order valence-corrected chi connectivity index (χ3v) is 0. The molecule has 8 nitrogen and oxygen atoms in total. The number of hydrogen-bond acceptors (Lipinski definition) is 5. The molecule has 0 radical (unpaired) electrons. The van der Waals surface area contributed by atoms with Crippen molar-refractivity contribution in [3.63, 3.8) is 0 Å². The van der Waals surface area contributed by atoms with Crippen LogP contribution >= 0.6 is 0 Å². The Balaban J connectivity index is -0.0000000154. The Bertz CT molecular complexity index is 103. The van der Waals surface area contributed by atoms with Crippen LogP contribution in [0.25, 0.3) is 0 Å². The van der Waals surface area contributed by atoms with E-state index in [1.807, 2.05) is 0 Å². The van der Waals surface area contributed by atoms with Crippen molar-refractivity contribution in [2.24, 2.45) is 0 Å². The summed E-state index contributed by atoms with van der Waals surface area (Å²) < 4.78 is 42.4. The van der Waals surface area contributed by atoms with Crippen LogP contribution < -0.4 is 0 Å². The van der Waals surface area contributed by atoms with Gasteiger partial charge in [-0.1, -0.05) is 0 Å². The van der Waals surface area contributed by atoms with E-state index in [2.05, 4.69) is 0 Å². The molecule has 6 N–H and O–H groups in total. The fraction of sp³-hybridized carbons (Fsp3) is 0. The molecular formula is H6O8SZr. The molecule has 0 aromatic rings. The van der Waals surface area contributed by atoms with Gasteiger partial charge in [0.2, 0.25) is 0 Å².